The highest BCUT2D eigenvalue weighted by Crippen LogP contribution is 2.16. The molecule has 1 aliphatic rings. The van der Waals surface area contributed by atoms with Gasteiger partial charge in [-0.3, -0.25) is 4.79 Å². The molecule has 0 aromatic heterocycles. The molecule has 1 aliphatic heterocycles. The lowest BCUT2D eigenvalue weighted by atomic mass is 10.2. The Balaban J connectivity index is 1.51. The molecule has 0 unspecified atom stereocenters. The summed E-state index contributed by atoms with van der Waals surface area (Å²) in [6.45, 7) is 1.68. The zero-order chi connectivity index (χ0) is 18.2. The number of amides is 1. The van der Waals surface area contributed by atoms with Crippen molar-refractivity contribution in [3.05, 3.63) is 71.8 Å². The van der Waals surface area contributed by atoms with Crippen LogP contribution >= 0.6 is 11.8 Å². The Morgan fingerprint density at radius 1 is 1.15 bits per heavy atom. The Labute approximate surface area is 157 Å². The zero-order valence-corrected chi connectivity index (χ0v) is 15.1. The Morgan fingerprint density at radius 2 is 1.92 bits per heavy atom. The van der Waals surface area contributed by atoms with E-state index in [1.54, 1.807) is 4.90 Å². The van der Waals surface area contributed by atoms with Gasteiger partial charge in [0, 0.05) is 18.8 Å². The highest BCUT2D eigenvalue weighted by atomic mass is 32.2. The van der Waals surface area contributed by atoms with Crippen molar-refractivity contribution in [1.29, 1.82) is 0 Å². The first-order valence-electron chi connectivity index (χ1n) is 8.34. The second kappa shape index (κ2) is 9.10. The van der Waals surface area contributed by atoms with Crippen LogP contribution in [0, 0.1) is 0 Å². The first-order chi connectivity index (χ1) is 12.8. The van der Waals surface area contributed by atoms with Crippen LogP contribution in [0.2, 0.25) is 0 Å². The second-order valence-electron chi connectivity index (χ2n) is 5.75. The monoisotopic (exact) mass is 368 g/mol. The van der Waals surface area contributed by atoms with Crippen LogP contribution in [-0.4, -0.2) is 39.9 Å². The van der Waals surface area contributed by atoms with Gasteiger partial charge in [-0.05, 0) is 23.3 Å². The molecule has 0 radical (unpaired) electrons. The normalized spacial score (nSPS) is 16.4. The van der Waals surface area contributed by atoms with Gasteiger partial charge in [-0.1, -0.05) is 71.5 Å². The number of hydrogen-bond acceptors (Lipinski definition) is 5. The van der Waals surface area contributed by atoms with E-state index in [1.165, 1.54) is 11.8 Å². The molecule has 1 heterocycles. The molecule has 1 saturated heterocycles. The van der Waals surface area contributed by atoms with Gasteiger partial charge in [0.25, 0.3) is 5.91 Å². The third-order valence-electron chi connectivity index (χ3n) is 3.93. The molecule has 0 saturated carbocycles. The third kappa shape index (κ3) is 4.89. The standard InChI is InChI=1S/C20H20N2O3S/c23-20-19(21-24)26-14-13-22(20)12-4-7-16-8-10-18(11-9-16)25-15-17-5-2-1-3-6-17/h1-11,24H,12-15H2. The molecule has 1 N–H and O–H groups in total. The first kappa shape index (κ1) is 18.1. The average molecular weight is 368 g/mol. The molecule has 0 bridgehead atoms. The van der Waals surface area contributed by atoms with Crippen molar-refractivity contribution in [3.63, 3.8) is 0 Å². The van der Waals surface area contributed by atoms with Crippen LogP contribution < -0.4 is 4.74 Å². The van der Waals surface area contributed by atoms with Crippen molar-refractivity contribution in [2.75, 3.05) is 18.8 Å². The molecule has 0 atom stereocenters. The SMILES string of the molecule is O=C1C(=NO)SCCN1CC=Cc1ccc(OCc2ccccc2)cc1. The highest BCUT2D eigenvalue weighted by Gasteiger charge is 2.24. The molecule has 3 rings (SSSR count). The highest BCUT2D eigenvalue weighted by molar-refractivity contribution is 8.15. The third-order valence-corrected chi connectivity index (χ3v) is 4.84. The minimum Gasteiger partial charge on any atom is -0.489 e. The smallest absolute Gasteiger partial charge is 0.282 e. The minimum atomic E-state index is -0.224. The summed E-state index contributed by atoms with van der Waals surface area (Å²) in [6.07, 6.45) is 3.90. The molecule has 26 heavy (non-hydrogen) atoms. The summed E-state index contributed by atoms with van der Waals surface area (Å²) in [5, 5.41) is 12.0. The summed E-state index contributed by atoms with van der Waals surface area (Å²) in [4.78, 5) is 13.7. The van der Waals surface area contributed by atoms with Crippen molar-refractivity contribution in [3.8, 4) is 5.75 Å². The van der Waals surface area contributed by atoms with Crippen LogP contribution in [0.1, 0.15) is 11.1 Å². The van der Waals surface area contributed by atoms with Gasteiger partial charge in [-0.2, -0.15) is 0 Å². The summed E-state index contributed by atoms with van der Waals surface area (Å²) in [5.74, 6) is 1.34. The van der Waals surface area contributed by atoms with E-state index in [-0.39, 0.29) is 11.0 Å². The van der Waals surface area contributed by atoms with Gasteiger partial charge in [-0.25, -0.2) is 0 Å². The second-order valence-corrected chi connectivity index (χ2v) is 6.83. The van der Waals surface area contributed by atoms with Gasteiger partial charge >= 0.3 is 0 Å². The molecule has 6 heteroatoms. The first-order valence-corrected chi connectivity index (χ1v) is 9.32. The van der Waals surface area contributed by atoms with E-state index in [2.05, 4.69) is 5.16 Å². The van der Waals surface area contributed by atoms with Gasteiger partial charge in [0.2, 0.25) is 5.04 Å². The van der Waals surface area contributed by atoms with Gasteiger partial charge < -0.3 is 14.8 Å². The number of thioether (sulfide) groups is 1. The molecule has 1 amide bonds. The lowest BCUT2D eigenvalue weighted by molar-refractivity contribution is -0.123. The molecule has 1 fully saturated rings. The zero-order valence-electron chi connectivity index (χ0n) is 14.2. The van der Waals surface area contributed by atoms with Crippen LogP contribution in [0.5, 0.6) is 5.75 Å². The van der Waals surface area contributed by atoms with Crippen LogP contribution in [0.25, 0.3) is 6.08 Å². The number of ether oxygens (including phenoxy) is 1. The number of nitrogens with zero attached hydrogens (tertiary/aromatic N) is 2. The fraction of sp³-hybridized carbons (Fsp3) is 0.200. The van der Waals surface area contributed by atoms with Crippen molar-refractivity contribution < 1.29 is 14.7 Å². The van der Waals surface area contributed by atoms with Gasteiger partial charge in [0.1, 0.15) is 12.4 Å². The van der Waals surface area contributed by atoms with Crippen LogP contribution in [0.3, 0.4) is 0 Å². The molecule has 0 spiro atoms. The maximum absolute atomic E-state index is 12.0. The molecule has 0 aliphatic carbocycles. The molecular formula is C20H20N2O3S. The number of hydrogen-bond donors (Lipinski definition) is 1. The molecular weight excluding hydrogens is 348 g/mol. The number of oxime groups is 1. The van der Waals surface area contributed by atoms with E-state index in [0.29, 0.717) is 19.7 Å². The fourth-order valence-electron chi connectivity index (χ4n) is 2.53. The van der Waals surface area contributed by atoms with E-state index < -0.39 is 0 Å². The topological polar surface area (TPSA) is 62.1 Å². The summed E-state index contributed by atoms with van der Waals surface area (Å²) in [5.41, 5.74) is 2.17. The number of carbonyl (C=O) groups excluding carboxylic acids is 1. The largest absolute Gasteiger partial charge is 0.489 e. The van der Waals surface area contributed by atoms with Crippen molar-refractivity contribution in [2.24, 2.45) is 5.16 Å². The fourth-order valence-corrected chi connectivity index (χ4v) is 3.34. The van der Waals surface area contributed by atoms with Crippen molar-refractivity contribution in [2.45, 2.75) is 6.61 Å². The van der Waals surface area contributed by atoms with Gasteiger partial charge in [-0.15, -0.1) is 0 Å². The van der Waals surface area contributed by atoms with Gasteiger partial charge in [0.15, 0.2) is 0 Å². The van der Waals surface area contributed by atoms with Crippen molar-refractivity contribution in [1.82, 2.24) is 4.90 Å². The molecule has 5 nitrogen and oxygen atoms in total. The number of carbonyl (C=O) groups is 1. The van der Waals surface area contributed by atoms with Crippen LogP contribution in [-0.2, 0) is 11.4 Å². The lowest BCUT2D eigenvalue weighted by Crippen LogP contribution is -2.41. The van der Waals surface area contributed by atoms with Crippen LogP contribution in [0.4, 0.5) is 0 Å². The Morgan fingerprint density at radius 3 is 2.65 bits per heavy atom. The predicted molar refractivity (Wildman–Crippen MR) is 105 cm³/mol. The van der Waals surface area contributed by atoms with E-state index in [0.717, 1.165) is 22.6 Å². The summed E-state index contributed by atoms with van der Waals surface area (Å²) in [6, 6.07) is 17.9. The maximum Gasteiger partial charge on any atom is 0.282 e. The Kier molecular flexibility index (Phi) is 6.33. The Bertz CT molecular complexity index is 788. The van der Waals surface area contributed by atoms with E-state index >= 15 is 0 Å². The summed E-state index contributed by atoms with van der Waals surface area (Å²) in [7, 11) is 0. The minimum absolute atomic E-state index is 0.157. The Hall–Kier alpha value is -2.73. The summed E-state index contributed by atoms with van der Waals surface area (Å²) >= 11 is 1.28. The average Bonchev–Trinajstić information content (AvgIpc) is 2.69. The lowest BCUT2D eigenvalue weighted by Gasteiger charge is -2.25. The van der Waals surface area contributed by atoms with Crippen molar-refractivity contribution >= 4 is 28.8 Å². The molecule has 2 aromatic rings. The van der Waals surface area contributed by atoms with E-state index in [9.17, 15) is 4.79 Å². The quantitative estimate of drug-likeness (QED) is 0.625. The van der Waals surface area contributed by atoms with E-state index in [4.69, 9.17) is 9.94 Å². The predicted octanol–water partition coefficient (Wildman–Crippen LogP) is 3.64. The summed E-state index contributed by atoms with van der Waals surface area (Å²) < 4.78 is 5.77. The van der Waals surface area contributed by atoms with Gasteiger partial charge in [0.05, 0.1) is 0 Å². The molecule has 134 valence electrons. The van der Waals surface area contributed by atoms with E-state index in [1.807, 2.05) is 66.7 Å². The maximum atomic E-state index is 12.0. The van der Waals surface area contributed by atoms with Crippen LogP contribution in [0.15, 0.2) is 65.8 Å². The molecule has 2 aromatic carbocycles. The number of benzene rings is 2. The number of rotatable bonds is 6.